The number of cyclic esters (lactones) is 1. The molecule has 0 bridgehead atoms. The first-order valence-electron chi connectivity index (χ1n) is 9.50. The topological polar surface area (TPSA) is 65.7 Å². The Morgan fingerprint density at radius 2 is 2.15 bits per heavy atom. The predicted octanol–water partition coefficient (Wildman–Crippen LogP) is 4.55. The Bertz CT molecular complexity index is 748. The van der Waals surface area contributed by atoms with E-state index in [-0.39, 0.29) is 35.3 Å². The number of rotatable bonds is 2. The van der Waals surface area contributed by atoms with E-state index in [0.717, 1.165) is 37.0 Å². The van der Waals surface area contributed by atoms with Crippen molar-refractivity contribution in [3.8, 4) is 0 Å². The molecule has 26 heavy (non-hydrogen) atoms. The molecular formula is C21H26O5. The van der Waals surface area contributed by atoms with Crippen LogP contribution in [0.2, 0.25) is 0 Å². The van der Waals surface area contributed by atoms with E-state index in [0.29, 0.717) is 6.42 Å². The third kappa shape index (κ3) is 2.36. The van der Waals surface area contributed by atoms with Crippen molar-refractivity contribution < 1.29 is 23.5 Å². The number of carbonyl (C=O) groups is 2. The zero-order valence-electron chi connectivity index (χ0n) is 15.6. The molecule has 140 valence electrons. The van der Waals surface area contributed by atoms with Crippen molar-refractivity contribution in [2.75, 3.05) is 0 Å². The van der Waals surface area contributed by atoms with E-state index in [1.807, 2.05) is 12.1 Å². The van der Waals surface area contributed by atoms with Gasteiger partial charge in [0.1, 0.15) is 11.9 Å². The minimum Gasteiger partial charge on any atom is -0.472 e. The van der Waals surface area contributed by atoms with Crippen molar-refractivity contribution in [1.82, 2.24) is 0 Å². The molecule has 1 spiro atoms. The molecule has 1 aliphatic heterocycles. The first-order chi connectivity index (χ1) is 12.4. The Morgan fingerprint density at radius 1 is 1.35 bits per heavy atom. The Kier molecular flexibility index (Phi) is 4.01. The number of allylic oxidation sites excluding steroid dienone is 2. The van der Waals surface area contributed by atoms with E-state index >= 15 is 0 Å². The van der Waals surface area contributed by atoms with Crippen LogP contribution in [0.4, 0.5) is 0 Å². The minimum atomic E-state index is -0.533. The van der Waals surface area contributed by atoms with Gasteiger partial charge in [-0.1, -0.05) is 13.8 Å². The summed E-state index contributed by atoms with van der Waals surface area (Å²) in [6.07, 6.45) is 9.30. The van der Waals surface area contributed by atoms with Gasteiger partial charge in [-0.2, -0.15) is 0 Å². The standard InChI is InChI=1S/C21H26O5/c1-13-7-9-20(3)17(5-4-6-18(20)25-14(2)22)21(13)11-16(26-19(21)23)15-8-10-24-12-15/h6,8,10,12-13,16-17H,4-5,7,9,11H2,1-3H3/t13-,16-,17-,20-,21-/m1/s1. The van der Waals surface area contributed by atoms with Crippen LogP contribution in [-0.4, -0.2) is 11.9 Å². The Hall–Kier alpha value is -2.04. The van der Waals surface area contributed by atoms with Crippen molar-refractivity contribution in [2.45, 2.75) is 59.0 Å². The molecule has 4 rings (SSSR count). The molecule has 5 heteroatoms. The molecule has 3 aliphatic rings. The molecule has 5 nitrogen and oxygen atoms in total. The van der Waals surface area contributed by atoms with Gasteiger partial charge in [-0.3, -0.25) is 9.59 Å². The highest BCUT2D eigenvalue weighted by Gasteiger charge is 2.65. The van der Waals surface area contributed by atoms with Crippen molar-refractivity contribution in [2.24, 2.45) is 22.7 Å². The van der Waals surface area contributed by atoms with Crippen LogP contribution in [0.15, 0.2) is 34.8 Å². The lowest BCUT2D eigenvalue weighted by atomic mass is 9.47. The first-order valence-corrected chi connectivity index (χ1v) is 9.50. The van der Waals surface area contributed by atoms with Gasteiger partial charge in [-0.25, -0.2) is 0 Å². The van der Waals surface area contributed by atoms with Gasteiger partial charge in [0.25, 0.3) is 0 Å². The molecule has 0 amide bonds. The third-order valence-electron chi connectivity index (χ3n) is 7.04. The lowest BCUT2D eigenvalue weighted by Gasteiger charge is -2.55. The zero-order chi connectivity index (χ0) is 18.5. The van der Waals surface area contributed by atoms with Gasteiger partial charge >= 0.3 is 11.9 Å². The van der Waals surface area contributed by atoms with E-state index in [9.17, 15) is 9.59 Å². The molecule has 0 aromatic carbocycles. The summed E-state index contributed by atoms with van der Waals surface area (Å²) in [6, 6.07) is 1.87. The Morgan fingerprint density at radius 3 is 2.85 bits per heavy atom. The zero-order valence-corrected chi connectivity index (χ0v) is 15.6. The van der Waals surface area contributed by atoms with Crippen molar-refractivity contribution in [1.29, 1.82) is 0 Å². The maximum Gasteiger partial charge on any atom is 0.313 e. The van der Waals surface area contributed by atoms with Gasteiger partial charge in [0.2, 0.25) is 0 Å². The average Bonchev–Trinajstić information content (AvgIpc) is 3.22. The molecule has 1 aromatic rings. The smallest absolute Gasteiger partial charge is 0.313 e. The molecule has 1 saturated carbocycles. The van der Waals surface area contributed by atoms with E-state index < -0.39 is 5.41 Å². The van der Waals surface area contributed by atoms with Crippen LogP contribution in [0.25, 0.3) is 0 Å². The first kappa shape index (κ1) is 17.4. The number of hydrogen-bond donors (Lipinski definition) is 0. The van der Waals surface area contributed by atoms with Gasteiger partial charge in [0.05, 0.1) is 17.9 Å². The van der Waals surface area contributed by atoms with Crippen LogP contribution in [0, 0.1) is 22.7 Å². The van der Waals surface area contributed by atoms with Gasteiger partial charge < -0.3 is 13.9 Å². The van der Waals surface area contributed by atoms with Crippen molar-refractivity contribution >= 4 is 11.9 Å². The molecule has 0 unspecified atom stereocenters. The monoisotopic (exact) mass is 358 g/mol. The highest BCUT2D eigenvalue weighted by atomic mass is 16.6. The lowest BCUT2D eigenvalue weighted by Crippen LogP contribution is -2.54. The third-order valence-corrected chi connectivity index (χ3v) is 7.04. The number of carbonyl (C=O) groups excluding carboxylic acids is 2. The van der Waals surface area contributed by atoms with Gasteiger partial charge in [0, 0.05) is 24.3 Å². The summed E-state index contributed by atoms with van der Waals surface area (Å²) in [5.41, 5.74) is 0.0799. The summed E-state index contributed by atoms with van der Waals surface area (Å²) in [4.78, 5) is 24.8. The second-order valence-corrected chi connectivity index (χ2v) is 8.34. The second-order valence-electron chi connectivity index (χ2n) is 8.34. The van der Waals surface area contributed by atoms with E-state index in [1.54, 1.807) is 12.5 Å². The second kappa shape index (κ2) is 6.00. The lowest BCUT2D eigenvalue weighted by molar-refractivity contribution is -0.164. The number of fused-ring (bicyclic) bond motifs is 2. The molecule has 0 N–H and O–H groups in total. The van der Waals surface area contributed by atoms with Crippen LogP contribution < -0.4 is 0 Å². The summed E-state index contributed by atoms with van der Waals surface area (Å²) in [5, 5.41) is 0. The summed E-state index contributed by atoms with van der Waals surface area (Å²) in [6.45, 7) is 5.76. The fraction of sp³-hybridized carbons (Fsp3) is 0.619. The van der Waals surface area contributed by atoms with E-state index in [2.05, 4.69) is 13.8 Å². The molecule has 2 heterocycles. The van der Waals surface area contributed by atoms with Gasteiger partial charge in [0.15, 0.2) is 0 Å². The normalized spacial score (nSPS) is 39.3. The predicted molar refractivity (Wildman–Crippen MR) is 93.7 cm³/mol. The van der Waals surface area contributed by atoms with Crippen LogP contribution in [0.5, 0.6) is 0 Å². The summed E-state index contributed by atoms with van der Waals surface area (Å²) >= 11 is 0. The van der Waals surface area contributed by atoms with Crippen molar-refractivity contribution in [3.05, 3.63) is 36.0 Å². The summed E-state index contributed by atoms with van der Waals surface area (Å²) in [5.74, 6) is 0.698. The Labute approximate surface area is 153 Å². The number of esters is 2. The van der Waals surface area contributed by atoms with Gasteiger partial charge in [-0.05, 0) is 49.7 Å². The van der Waals surface area contributed by atoms with Crippen LogP contribution >= 0.6 is 0 Å². The number of ether oxygens (including phenoxy) is 2. The Balaban J connectivity index is 1.73. The number of hydrogen-bond acceptors (Lipinski definition) is 5. The fourth-order valence-electron chi connectivity index (χ4n) is 5.66. The molecular weight excluding hydrogens is 332 g/mol. The maximum absolute atomic E-state index is 13.2. The largest absolute Gasteiger partial charge is 0.472 e. The van der Waals surface area contributed by atoms with E-state index in [1.165, 1.54) is 6.92 Å². The quantitative estimate of drug-likeness (QED) is 0.726. The minimum absolute atomic E-state index is 0.101. The molecule has 1 saturated heterocycles. The SMILES string of the molecule is CC(=O)OC1=CCC[C@H]2[C@@]3(C[C@H](c4ccoc4)OC3=O)[C@H](C)CC[C@@]12C. The fourth-order valence-corrected chi connectivity index (χ4v) is 5.66. The molecule has 5 atom stereocenters. The highest BCUT2D eigenvalue weighted by Crippen LogP contribution is 2.65. The molecule has 0 radical (unpaired) electrons. The number of furan rings is 1. The molecule has 2 aliphatic carbocycles. The maximum atomic E-state index is 13.2. The summed E-state index contributed by atoms with van der Waals surface area (Å²) < 4.78 is 16.6. The summed E-state index contributed by atoms with van der Waals surface area (Å²) in [7, 11) is 0. The van der Waals surface area contributed by atoms with Crippen LogP contribution in [0.1, 0.15) is 64.5 Å². The van der Waals surface area contributed by atoms with E-state index in [4.69, 9.17) is 13.9 Å². The van der Waals surface area contributed by atoms with Gasteiger partial charge in [-0.15, -0.1) is 0 Å². The molecule has 2 fully saturated rings. The highest BCUT2D eigenvalue weighted by molar-refractivity contribution is 5.81. The molecule has 1 aromatic heterocycles. The average molecular weight is 358 g/mol. The van der Waals surface area contributed by atoms with Crippen molar-refractivity contribution in [3.63, 3.8) is 0 Å². The van der Waals surface area contributed by atoms with Crippen LogP contribution in [-0.2, 0) is 19.1 Å². The van der Waals surface area contributed by atoms with Crippen LogP contribution in [0.3, 0.4) is 0 Å².